The summed E-state index contributed by atoms with van der Waals surface area (Å²) in [6, 6.07) is 17.7. The van der Waals surface area contributed by atoms with Crippen molar-refractivity contribution in [3.8, 4) is 0 Å². The topological polar surface area (TPSA) is 117 Å². The molecule has 2 heterocycles. The van der Waals surface area contributed by atoms with Gasteiger partial charge in [-0.15, -0.1) is 0 Å². The standard InChI is InChI=1S/C19H15N5O3S/c25-18(23-19-21-16-7-4-12-20-17(16)22-19)13-8-10-14(11-9-13)24-28(26,27)15-5-2-1-3-6-15/h1-12,24H,(H2,20,21,22,23,25). The van der Waals surface area contributed by atoms with Gasteiger partial charge in [0.2, 0.25) is 5.95 Å². The van der Waals surface area contributed by atoms with Crippen LogP contribution in [0.25, 0.3) is 11.2 Å². The quantitative estimate of drug-likeness (QED) is 0.482. The van der Waals surface area contributed by atoms with E-state index in [0.29, 0.717) is 22.4 Å². The van der Waals surface area contributed by atoms with Gasteiger partial charge in [-0.1, -0.05) is 18.2 Å². The first-order chi connectivity index (χ1) is 13.5. The van der Waals surface area contributed by atoms with E-state index in [1.807, 2.05) is 0 Å². The Morgan fingerprint density at radius 2 is 1.68 bits per heavy atom. The largest absolute Gasteiger partial charge is 0.322 e. The summed E-state index contributed by atoms with van der Waals surface area (Å²) in [5, 5.41) is 2.66. The monoisotopic (exact) mass is 393 g/mol. The van der Waals surface area contributed by atoms with Crippen LogP contribution in [0.2, 0.25) is 0 Å². The van der Waals surface area contributed by atoms with Crippen LogP contribution >= 0.6 is 0 Å². The minimum Gasteiger partial charge on any atom is -0.322 e. The van der Waals surface area contributed by atoms with Crippen LogP contribution in [0.4, 0.5) is 11.6 Å². The Hall–Kier alpha value is -3.72. The van der Waals surface area contributed by atoms with Crippen molar-refractivity contribution in [1.29, 1.82) is 0 Å². The first-order valence-electron chi connectivity index (χ1n) is 8.31. The summed E-state index contributed by atoms with van der Waals surface area (Å²) in [6.07, 6.45) is 1.62. The second-order valence-electron chi connectivity index (χ2n) is 5.91. The molecule has 0 unspecified atom stereocenters. The van der Waals surface area contributed by atoms with E-state index in [2.05, 4.69) is 25.0 Å². The molecule has 0 bridgehead atoms. The van der Waals surface area contributed by atoms with Crippen LogP contribution in [-0.4, -0.2) is 29.3 Å². The lowest BCUT2D eigenvalue weighted by atomic mass is 10.2. The van der Waals surface area contributed by atoms with Crippen molar-refractivity contribution in [3.05, 3.63) is 78.5 Å². The Labute approximate surface area is 160 Å². The predicted octanol–water partition coefficient (Wildman–Crippen LogP) is 3.01. The van der Waals surface area contributed by atoms with E-state index in [1.54, 1.807) is 36.5 Å². The molecule has 4 rings (SSSR count). The third kappa shape index (κ3) is 3.69. The summed E-state index contributed by atoms with van der Waals surface area (Å²) in [5.41, 5.74) is 1.93. The molecule has 28 heavy (non-hydrogen) atoms. The number of hydrogen-bond donors (Lipinski definition) is 3. The molecule has 1 amide bonds. The average Bonchev–Trinajstić information content (AvgIpc) is 3.11. The maximum Gasteiger partial charge on any atom is 0.261 e. The number of nitrogens with one attached hydrogen (secondary N) is 3. The number of anilines is 2. The number of hydrogen-bond acceptors (Lipinski definition) is 5. The summed E-state index contributed by atoms with van der Waals surface area (Å²) >= 11 is 0. The van der Waals surface area contributed by atoms with Crippen molar-refractivity contribution < 1.29 is 13.2 Å². The second kappa shape index (κ2) is 7.12. The molecule has 9 heteroatoms. The number of pyridine rings is 1. The van der Waals surface area contributed by atoms with Gasteiger partial charge in [-0.25, -0.2) is 13.4 Å². The Morgan fingerprint density at radius 3 is 2.39 bits per heavy atom. The first-order valence-corrected chi connectivity index (χ1v) is 9.80. The summed E-state index contributed by atoms with van der Waals surface area (Å²) in [4.78, 5) is 23.8. The van der Waals surface area contributed by atoms with Crippen LogP contribution in [0.5, 0.6) is 0 Å². The zero-order valence-electron chi connectivity index (χ0n) is 14.5. The average molecular weight is 393 g/mol. The maximum atomic E-state index is 12.4. The van der Waals surface area contributed by atoms with Crippen LogP contribution in [-0.2, 0) is 10.0 Å². The fraction of sp³-hybridized carbons (Fsp3) is 0. The highest BCUT2D eigenvalue weighted by Crippen LogP contribution is 2.17. The maximum absolute atomic E-state index is 12.4. The third-order valence-electron chi connectivity index (χ3n) is 3.94. The van der Waals surface area contributed by atoms with Crippen LogP contribution in [0, 0.1) is 0 Å². The van der Waals surface area contributed by atoms with Crippen molar-refractivity contribution in [2.24, 2.45) is 0 Å². The normalized spacial score (nSPS) is 11.3. The number of aromatic nitrogens is 3. The number of nitrogens with zero attached hydrogens (tertiary/aromatic N) is 2. The van der Waals surface area contributed by atoms with Crippen molar-refractivity contribution in [1.82, 2.24) is 15.0 Å². The van der Waals surface area contributed by atoms with E-state index >= 15 is 0 Å². The minimum atomic E-state index is -3.68. The number of rotatable bonds is 5. The summed E-state index contributed by atoms with van der Waals surface area (Å²) in [6.45, 7) is 0. The highest BCUT2D eigenvalue weighted by atomic mass is 32.2. The molecule has 8 nitrogen and oxygen atoms in total. The van der Waals surface area contributed by atoms with E-state index in [4.69, 9.17) is 0 Å². The predicted molar refractivity (Wildman–Crippen MR) is 106 cm³/mol. The summed E-state index contributed by atoms with van der Waals surface area (Å²) in [5.74, 6) is -0.0934. The molecule has 4 aromatic rings. The van der Waals surface area contributed by atoms with Gasteiger partial charge in [-0.2, -0.15) is 4.98 Å². The van der Waals surface area contributed by atoms with E-state index in [-0.39, 0.29) is 16.8 Å². The Bertz CT molecular complexity index is 1200. The molecule has 0 aliphatic heterocycles. The number of amides is 1. The van der Waals surface area contributed by atoms with Crippen LogP contribution in [0.15, 0.2) is 77.8 Å². The van der Waals surface area contributed by atoms with Gasteiger partial charge in [0.25, 0.3) is 15.9 Å². The second-order valence-corrected chi connectivity index (χ2v) is 7.59. The molecule has 0 saturated carbocycles. The zero-order chi connectivity index (χ0) is 19.6. The number of carbonyl (C=O) groups excluding carboxylic acids is 1. The molecule has 0 fully saturated rings. The van der Waals surface area contributed by atoms with Crippen molar-refractivity contribution in [2.75, 3.05) is 10.0 Å². The molecule has 0 radical (unpaired) electrons. The third-order valence-corrected chi connectivity index (χ3v) is 5.34. The molecular formula is C19H15N5O3S. The highest BCUT2D eigenvalue weighted by molar-refractivity contribution is 7.92. The number of aromatic amines is 1. The van der Waals surface area contributed by atoms with Gasteiger partial charge in [-0.3, -0.25) is 14.8 Å². The van der Waals surface area contributed by atoms with E-state index < -0.39 is 10.0 Å². The molecule has 3 N–H and O–H groups in total. The fourth-order valence-corrected chi connectivity index (χ4v) is 3.67. The Balaban J connectivity index is 1.47. The summed E-state index contributed by atoms with van der Waals surface area (Å²) in [7, 11) is -3.68. The first kappa shape index (κ1) is 17.7. The molecule has 0 aliphatic rings. The number of carbonyl (C=O) groups is 1. The molecule has 0 saturated heterocycles. The number of H-pyrrole nitrogens is 1. The summed E-state index contributed by atoms with van der Waals surface area (Å²) < 4.78 is 27.2. The molecule has 0 atom stereocenters. The zero-order valence-corrected chi connectivity index (χ0v) is 15.3. The van der Waals surface area contributed by atoms with E-state index in [0.717, 1.165) is 0 Å². The van der Waals surface area contributed by atoms with Gasteiger partial charge < -0.3 is 4.98 Å². The number of fused-ring (bicyclic) bond motifs is 1. The number of imidazole rings is 1. The SMILES string of the molecule is O=C(Nc1nc2ncccc2[nH]1)c1ccc(NS(=O)(=O)c2ccccc2)cc1. The van der Waals surface area contributed by atoms with Gasteiger partial charge in [0.05, 0.1) is 10.4 Å². The Morgan fingerprint density at radius 1 is 0.929 bits per heavy atom. The number of sulfonamides is 1. The Kier molecular flexibility index (Phi) is 4.50. The molecule has 0 spiro atoms. The van der Waals surface area contributed by atoms with E-state index in [9.17, 15) is 13.2 Å². The van der Waals surface area contributed by atoms with Gasteiger partial charge in [-0.05, 0) is 48.5 Å². The van der Waals surface area contributed by atoms with Gasteiger partial charge in [0.15, 0.2) is 5.65 Å². The lowest BCUT2D eigenvalue weighted by Gasteiger charge is -2.08. The lowest BCUT2D eigenvalue weighted by molar-refractivity contribution is 0.102. The fourth-order valence-electron chi connectivity index (χ4n) is 2.59. The van der Waals surface area contributed by atoms with Crippen LogP contribution < -0.4 is 10.0 Å². The van der Waals surface area contributed by atoms with Crippen molar-refractivity contribution in [3.63, 3.8) is 0 Å². The van der Waals surface area contributed by atoms with Gasteiger partial charge in [0.1, 0.15) is 0 Å². The highest BCUT2D eigenvalue weighted by Gasteiger charge is 2.14. The van der Waals surface area contributed by atoms with E-state index in [1.165, 1.54) is 36.4 Å². The van der Waals surface area contributed by atoms with Crippen molar-refractivity contribution in [2.45, 2.75) is 4.90 Å². The molecule has 0 aliphatic carbocycles. The number of benzene rings is 2. The molecule has 2 aromatic heterocycles. The van der Waals surface area contributed by atoms with Crippen LogP contribution in [0.1, 0.15) is 10.4 Å². The molecular weight excluding hydrogens is 378 g/mol. The van der Waals surface area contributed by atoms with Gasteiger partial charge in [0, 0.05) is 17.4 Å². The van der Waals surface area contributed by atoms with Crippen LogP contribution in [0.3, 0.4) is 0 Å². The molecule has 140 valence electrons. The smallest absolute Gasteiger partial charge is 0.261 e. The molecule has 2 aromatic carbocycles. The lowest BCUT2D eigenvalue weighted by Crippen LogP contribution is -2.14. The minimum absolute atomic E-state index is 0.162. The van der Waals surface area contributed by atoms with Crippen molar-refractivity contribution >= 4 is 38.7 Å². The van der Waals surface area contributed by atoms with Gasteiger partial charge >= 0.3 is 0 Å².